The standard InChI is InChI=1S/C22H17ClN2O/c1-14-12-20(16-6-9-17(10-7-16)24-21(26)13-23)25-19-11-8-15-4-2-3-5-18(15)22(14)19/h2-12H,13H2,1H3,(H,24,26). The molecule has 3 aromatic carbocycles. The Morgan fingerprint density at radius 3 is 2.58 bits per heavy atom. The summed E-state index contributed by atoms with van der Waals surface area (Å²) in [5.74, 6) is -0.271. The summed E-state index contributed by atoms with van der Waals surface area (Å²) in [6, 6.07) is 22.3. The number of benzene rings is 3. The fourth-order valence-electron chi connectivity index (χ4n) is 3.27. The number of anilines is 1. The molecule has 4 heteroatoms. The molecular formula is C22H17ClN2O. The lowest BCUT2D eigenvalue weighted by atomic mass is 9.99. The first kappa shape index (κ1) is 16.6. The average molecular weight is 361 g/mol. The van der Waals surface area contributed by atoms with Crippen LogP contribution in [0.5, 0.6) is 0 Å². The van der Waals surface area contributed by atoms with Crippen LogP contribution >= 0.6 is 11.6 Å². The predicted octanol–water partition coefficient (Wildman–Crippen LogP) is 5.54. The Morgan fingerprint density at radius 1 is 1.04 bits per heavy atom. The zero-order chi connectivity index (χ0) is 18.1. The molecule has 0 unspecified atom stereocenters. The van der Waals surface area contributed by atoms with E-state index in [1.54, 1.807) is 0 Å². The SMILES string of the molecule is Cc1cc(-c2ccc(NC(=O)CCl)cc2)nc2ccc3ccccc3c12. The molecule has 1 aromatic heterocycles. The largest absolute Gasteiger partial charge is 0.325 e. The van der Waals surface area contributed by atoms with Crippen LogP contribution in [0.4, 0.5) is 5.69 Å². The number of carbonyl (C=O) groups is 1. The average Bonchev–Trinajstić information content (AvgIpc) is 2.68. The number of halogens is 1. The van der Waals surface area contributed by atoms with Crippen molar-refractivity contribution in [1.29, 1.82) is 0 Å². The van der Waals surface area contributed by atoms with E-state index < -0.39 is 0 Å². The van der Waals surface area contributed by atoms with Crippen molar-refractivity contribution in [3.05, 3.63) is 72.3 Å². The zero-order valence-corrected chi connectivity index (χ0v) is 15.0. The number of amides is 1. The van der Waals surface area contributed by atoms with Gasteiger partial charge < -0.3 is 5.32 Å². The molecule has 3 nitrogen and oxygen atoms in total. The third kappa shape index (κ3) is 3.02. The monoisotopic (exact) mass is 360 g/mol. The summed E-state index contributed by atoms with van der Waals surface area (Å²) in [5.41, 5.74) is 4.83. The second kappa shape index (κ2) is 6.77. The number of aryl methyl sites for hydroxylation is 1. The van der Waals surface area contributed by atoms with Crippen LogP contribution in [0.3, 0.4) is 0 Å². The molecule has 0 saturated carbocycles. The maximum absolute atomic E-state index is 11.4. The number of rotatable bonds is 3. The van der Waals surface area contributed by atoms with E-state index in [9.17, 15) is 4.79 Å². The minimum atomic E-state index is -0.217. The fourth-order valence-corrected chi connectivity index (χ4v) is 3.34. The number of aromatic nitrogens is 1. The maximum atomic E-state index is 11.4. The summed E-state index contributed by atoms with van der Waals surface area (Å²) >= 11 is 5.52. The summed E-state index contributed by atoms with van der Waals surface area (Å²) in [6.07, 6.45) is 0. The Morgan fingerprint density at radius 2 is 1.81 bits per heavy atom. The Bertz CT molecular complexity index is 1120. The first-order valence-electron chi connectivity index (χ1n) is 8.41. The van der Waals surface area contributed by atoms with E-state index in [1.807, 2.05) is 24.3 Å². The molecule has 0 radical (unpaired) electrons. The highest BCUT2D eigenvalue weighted by Crippen LogP contribution is 2.30. The highest BCUT2D eigenvalue weighted by atomic mass is 35.5. The molecule has 1 amide bonds. The highest BCUT2D eigenvalue weighted by Gasteiger charge is 2.09. The normalized spacial score (nSPS) is 11.0. The second-order valence-corrected chi connectivity index (χ2v) is 6.53. The van der Waals surface area contributed by atoms with E-state index in [0.717, 1.165) is 22.5 Å². The first-order valence-corrected chi connectivity index (χ1v) is 8.94. The van der Waals surface area contributed by atoms with Crippen LogP contribution < -0.4 is 5.32 Å². The van der Waals surface area contributed by atoms with Gasteiger partial charge in [0.1, 0.15) is 5.88 Å². The molecule has 1 N–H and O–H groups in total. The van der Waals surface area contributed by atoms with Crippen molar-refractivity contribution in [2.45, 2.75) is 6.92 Å². The van der Waals surface area contributed by atoms with Gasteiger partial charge in [-0.3, -0.25) is 4.79 Å². The lowest BCUT2D eigenvalue weighted by molar-refractivity contribution is -0.113. The molecular weight excluding hydrogens is 344 g/mol. The van der Waals surface area contributed by atoms with E-state index in [4.69, 9.17) is 16.6 Å². The van der Waals surface area contributed by atoms with E-state index in [-0.39, 0.29) is 11.8 Å². The Kier molecular flexibility index (Phi) is 4.31. The molecule has 128 valence electrons. The number of alkyl halides is 1. The van der Waals surface area contributed by atoms with Gasteiger partial charge in [0.2, 0.25) is 5.91 Å². The molecule has 0 aliphatic carbocycles. The Labute approximate surface area is 156 Å². The predicted molar refractivity (Wildman–Crippen MR) is 109 cm³/mol. The van der Waals surface area contributed by atoms with Crippen molar-refractivity contribution in [2.24, 2.45) is 0 Å². The fraction of sp³-hybridized carbons (Fsp3) is 0.0909. The molecule has 0 atom stereocenters. The lowest BCUT2D eigenvalue weighted by Crippen LogP contribution is -2.12. The van der Waals surface area contributed by atoms with E-state index in [1.165, 1.54) is 21.7 Å². The van der Waals surface area contributed by atoms with Crippen molar-refractivity contribution >= 4 is 44.9 Å². The summed E-state index contributed by atoms with van der Waals surface area (Å²) < 4.78 is 0. The number of hydrogen-bond donors (Lipinski definition) is 1. The molecule has 0 aliphatic rings. The maximum Gasteiger partial charge on any atom is 0.239 e. The third-order valence-corrected chi connectivity index (χ3v) is 4.72. The van der Waals surface area contributed by atoms with Crippen LogP contribution in [0, 0.1) is 6.92 Å². The summed E-state index contributed by atoms with van der Waals surface area (Å²) in [5, 5.41) is 6.37. The Hall–Kier alpha value is -2.91. The molecule has 0 spiro atoms. The number of fused-ring (bicyclic) bond motifs is 3. The smallest absolute Gasteiger partial charge is 0.239 e. The van der Waals surface area contributed by atoms with Crippen molar-refractivity contribution in [1.82, 2.24) is 4.98 Å². The van der Waals surface area contributed by atoms with Crippen LogP contribution in [-0.4, -0.2) is 16.8 Å². The molecule has 0 saturated heterocycles. The van der Waals surface area contributed by atoms with Gasteiger partial charge >= 0.3 is 0 Å². The topological polar surface area (TPSA) is 42.0 Å². The molecule has 4 rings (SSSR count). The number of pyridine rings is 1. The van der Waals surface area contributed by atoms with E-state index in [2.05, 4.69) is 54.7 Å². The molecule has 0 bridgehead atoms. The van der Waals surface area contributed by atoms with Crippen LogP contribution in [0.1, 0.15) is 5.56 Å². The van der Waals surface area contributed by atoms with Gasteiger partial charge in [-0.25, -0.2) is 4.98 Å². The first-order chi connectivity index (χ1) is 12.7. The van der Waals surface area contributed by atoms with Crippen LogP contribution in [0.2, 0.25) is 0 Å². The lowest BCUT2D eigenvalue weighted by Gasteiger charge is -2.10. The minimum absolute atomic E-state index is 0.0544. The summed E-state index contributed by atoms with van der Waals surface area (Å²) in [4.78, 5) is 16.2. The summed E-state index contributed by atoms with van der Waals surface area (Å²) in [7, 11) is 0. The minimum Gasteiger partial charge on any atom is -0.325 e. The van der Waals surface area contributed by atoms with Gasteiger partial charge in [-0.2, -0.15) is 0 Å². The molecule has 0 fully saturated rings. The number of nitrogens with one attached hydrogen (secondary N) is 1. The van der Waals surface area contributed by atoms with Gasteiger partial charge in [-0.15, -0.1) is 11.6 Å². The molecule has 1 heterocycles. The van der Waals surface area contributed by atoms with Crippen molar-refractivity contribution in [2.75, 3.05) is 11.2 Å². The number of carbonyl (C=O) groups excluding carboxylic acids is 1. The number of nitrogens with zero attached hydrogens (tertiary/aromatic N) is 1. The van der Waals surface area contributed by atoms with Gasteiger partial charge in [0.25, 0.3) is 0 Å². The summed E-state index contributed by atoms with van der Waals surface area (Å²) in [6.45, 7) is 2.12. The van der Waals surface area contributed by atoms with Crippen LogP contribution in [-0.2, 0) is 4.79 Å². The Balaban J connectivity index is 1.78. The van der Waals surface area contributed by atoms with Crippen LogP contribution in [0.15, 0.2) is 66.7 Å². The van der Waals surface area contributed by atoms with Gasteiger partial charge in [-0.1, -0.05) is 42.5 Å². The second-order valence-electron chi connectivity index (χ2n) is 6.26. The quantitative estimate of drug-likeness (QED) is 0.385. The van der Waals surface area contributed by atoms with Gasteiger partial charge in [0.05, 0.1) is 11.2 Å². The molecule has 0 aliphatic heterocycles. The third-order valence-electron chi connectivity index (χ3n) is 4.48. The van der Waals surface area contributed by atoms with Gasteiger partial charge in [-0.05, 0) is 47.5 Å². The van der Waals surface area contributed by atoms with Crippen molar-refractivity contribution in [3.8, 4) is 11.3 Å². The number of hydrogen-bond acceptors (Lipinski definition) is 2. The highest BCUT2D eigenvalue weighted by molar-refractivity contribution is 6.29. The van der Waals surface area contributed by atoms with Crippen molar-refractivity contribution < 1.29 is 4.79 Å². The van der Waals surface area contributed by atoms with Gasteiger partial charge in [0.15, 0.2) is 0 Å². The van der Waals surface area contributed by atoms with E-state index in [0.29, 0.717) is 0 Å². The molecule has 26 heavy (non-hydrogen) atoms. The van der Waals surface area contributed by atoms with Gasteiger partial charge in [0, 0.05) is 16.6 Å². The van der Waals surface area contributed by atoms with Crippen molar-refractivity contribution in [3.63, 3.8) is 0 Å². The van der Waals surface area contributed by atoms with E-state index >= 15 is 0 Å². The zero-order valence-electron chi connectivity index (χ0n) is 14.3. The van der Waals surface area contributed by atoms with Crippen LogP contribution in [0.25, 0.3) is 32.9 Å². The molecule has 4 aromatic rings.